The molecule has 5 heterocycles. The number of carbonyl (C=O) groups excluding carboxylic acids is 4. The summed E-state index contributed by atoms with van der Waals surface area (Å²) >= 11 is 7.06. The highest BCUT2D eigenvalue weighted by Crippen LogP contribution is 2.42. The molecule has 0 bridgehead atoms. The Bertz CT molecular complexity index is 2960. The van der Waals surface area contributed by atoms with Crippen molar-refractivity contribution in [2.75, 3.05) is 45.9 Å². The molecule has 4 aromatic carbocycles. The van der Waals surface area contributed by atoms with E-state index < -0.39 is 17.9 Å². The van der Waals surface area contributed by atoms with Gasteiger partial charge >= 0.3 is 5.97 Å². The van der Waals surface area contributed by atoms with Crippen molar-refractivity contribution in [3.8, 4) is 22.6 Å². The number of carboxylic acids is 1. The summed E-state index contributed by atoms with van der Waals surface area (Å²) in [4.78, 5) is 69.8. The summed E-state index contributed by atoms with van der Waals surface area (Å²) in [6.45, 7) is 6.84. The van der Waals surface area contributed by atoms with Gasteiger partial charge in [0.2, 0.25) is 11.8 Å². The maximum Gasteiger partial charge on any atom is 0.352 e. The summed E-state index contributed by atoms with van der Waals surface area (Å²) in [5.41, 5.74) is 5.78. The minimum atomic E-state index is -1.06. The van der Waals surface area contributed by atoms with Crippen LogP contribution in [0.3, 0.4) is 0 Å². The van der Waals surface area contributed by atoms with Crippen molar-refractivity contribution in [1.82, 2.24) is 34.4 Å². The minimum Gasteiger partial charge on any atom is -0.493 e. The number of aromatic nitrogens is 3. The van der Waals surface area contributed by atoms with E-state index >= 15 is 0 Å². The van der Waals surface area contributed by atoms with Crippen LogP contribution in [0.2, 0.25) is 5.02 Å². The van der Waals surface area contributed by atoms with Crippen molar-refractivity contribution in [1.29, 1.82) is 0 Å². The smallest absolute Gasteiger partial charge is 0.352 e. The summed E-state index contributed by atoms with van der Waals surface area (Å²) in [7, 11) is 1.87. The van der Waals surface area contributed by atoms with Gasteiger partial charge in [0.15, 0.2) is 6.61 Å². The number of carboxylic acid groups (broad SMARTS) is 1. The quantitative estimate of drug-likeness (QED) is 0.0935. The molecular formula is C49H49ClFN7O8. The van der Waals surface area contributed by atoms with Crippen molar-refractivity contribution >= 4 is 62.9 Å². The normalized spacial score (nSPS) is 16.6. The fraction of sp³-hybridized carbons (Fsp3) is 0.347. The van der Waals surface area contributed by atoms with Crippen molar-refractivity contribution in [3.05, 3.63) is 111 Å². The molecule has 4 amide bonds. The average Bonchev–Trinajstić information content (AvgIpc) is 3.89. The first kappa shape index (κ1) is 44.4. The van der Waals surface area contributed by atoms with Crippen molar-refractivity contribution in [2.45, 2.75) is 58.7 Å². The van der Waals surface area contributed by atoms with Crippen LogP contribution in [-0.2, 0) is 40.9 Å². The van der Waals surface area contributed by atoms with Gasteiger partial charge in [0.05, 0.1) is 29.4 Å². The molecular weight excluding hydrogens is 869 g/mol. The molecule has 15 nitrogen and oxygen atoms in total. The summed E-state index contributed by atoms with van der Waals surface area (Å²) in [5, 5.41) is 20.7. The molecule has 66 heavy (non-hydrogen) atoms. The number of ether oxygens (including phenoxy) is 2. The number of halogens is 2. The van der Waals surface area contributed by atoms with E-state index in [2.05, 4.69) is 15.3 Å². The SMILES string of the molecule is Cc1nn(C)c(C)c1-c1c(Cl)ccc2c(CCCOc3cccc4cc(F)ccc34)c(C(=O)O)n(CCN3CCN(C(=O)COc4cccc5c4CN([C@@H]4CCC(=O)NC4=O)C5=O)CC3)c12. The largest absolute Gasteiger partial charge is 0.493 e. The van der Waals surface area contributed by atoms with Crippen LogP contribution in [0.25, 0.3) is 32.8 Å². The number of aryl methyl sites for hydroxylation is 3. The maximum absolute atomic E-state index is 13.9. The van der Waals surface area contributed by atoms with E-state index in [1.807, 2.05) is 55.8 Å². The maximum atomic E-state index is 13.9. The third kappa shape index (κ3) is 8.34. The summed E-state index contributed by atoms with van der Waals surface area (Å²) in [5.74, 6) is -1.78. The number of amides is 4. The topological polar surface area (TPSA) is 169 Å². The van der Waals surface area contributed by atoms with Crippen LogP contribution in [0.5, 0.6) is 11.5 Å². The molecule has 2 saturated heterocycles. The van der Waals surface area contributed by atoms with Gasteiger partial charge in [-0.15, -0.1) is 0 Å². The van der Waals surface area contributed by atoms with Gasteiger partial charge < -0.3 is 28.9 Å². The third-order valence-corrected chi connectivity index (χ3v) is 13.4. The van der Waals surface area contributed by atoms with Gasteiger partial charge in [0.25, 0.3) is 11.8 Å². The number of imide groups is 1. The Hall–Kier alpha value is -6.78. The summed E-state index contributed by atoms with van der Waals surface area (Å²) in [6, 6.07) is 18.0. The van der Waals surface area contributed by atoms with Gasteiger partial charge in [-0.2, -0.15) is 5.10 Å². The molecule has 0 unspecified atom stereocenters. The van der Waals surface area contributed by atoms with E-state index in [0.29, 0.717) is 97.4 Å². The number of benzene rings is 4. The molecule has 0 radical (unpaired) electrons. The van der Waals surface area contributed by atoms with Crippen LogP contribution in [0.15, 0.2) is 66.7 Å². The number of piperidine rings is 1. The van der Waals surface area contributed by atoms with Gasteiger partial charge in [-0.25, -0.2) is 9.18 Å². The first-order valence-corrected chi connectivity index (χ1v) is 22.4. The highest BCUT2D eigenvalue weighted by atomic mass is 35.5. The number of fused-ring (bicyclic) bond motifs is 3. The Labute approximate surface area is 384 Å². The number of nitrogens with zero attached hydrogens (tertiary/aromatic N) is 6. The second-order valence-corrected chi connectivity index (χ2v) is 17.4. The molecule has 3 aliphatic rings. The number of piperazine rings is 1. The van der Waals surface area contributed by atoms with E-state index in [9.17, 15) is 33.5 Å². The number of hydrogen-bond donors (Lipinski definition) is 2. The second-order valence-electron chi connectivity index (χ2n) is 17.0. The van der Waals surface area contributed by atoms with Gasteiger partial charge in [-0.1, -0.05) is 35.9 Å². The first-order valence-electron chi connectivity index (χ1n) is 22.1. The Morgan fingerprint density at radius 2 is 1.68 bits per heavy atom. The summed E-state index contributed by atoms with van der Waals surface area (Å²) in [6.07, 6.45) is 1.29. The second kappa shape index (κ2) is 18.2. The molecule has 9 rings (SSSR count). The molecule has 2 aromatic heterocycles. The Balaban J connectivity index is 0.896. The van der Waals surface area contributed by atoms with Gasteiger partial charge in [0.1, 0.15) is 29.1 Å². The minimum absolute atomic E-state index is 0.130. The van der Waals surface area contributed by atoms with E-state index in [1.54, 1.807) is 33.8 Å². The van der Waals surface area contributed by atoms with Crippen LogP contribution in [-0.4, -0.2) is 116 Å². The summed E-state index contributed by atoms with van der Waals surface area (Å²) < 4.78 is 29.8. The van der Waals surface area contributed by atoms with Gasteiger partial charge in [-0.3, -0.25) is 34.1 Å². The molecule has 6 aromatic rings. The van der Waals surface area contributed by atoms with Crippen LogP contribution in [0, 0.1) is 19.7 Å². The van der Waals surface area contributed by atoms with Gasteiger partial charge in [0, 0.05) is 91.5 Å². The van der Waals surface area contributed by atoms with Crippen LogP contribution in [0.4, 0.5) is 4.39 Å². The number of carbonyl (C=O) groups is 5. The van der Waals surface area contributed by atoms with E-state index in [0.717, 1.165) is 38.7 Å². The molecule has 0 spiro atoms. The zero-order chi connectivity index (χ0) is 46.4. The highest BCUT2D eigenvalue weighted by molar-refractivity contribution is 6.35. The lowest BCUT2D eigenvalue weighted by atomic mass is 9.98. The number of rotatable bonds is 14. The Kier molecular flexibility index (Phi) is 12.3. The van der Waals surface area contributed by atoms with Crippen LogP contribution in [0.1, 0.15) is 62.6 Å². The molecule has 2 fully saturated rings. The molecule has 1 atom stereocenters. The first-order chi connectivity index (χ1) is 31.8. The average molecular weight is 918 g/mol. The monoisotopic (exact) mass is 917 g/mol. The van der Waals surface area contributed by atoms with Crippen molar-refractivity contribution < 1.29 is 42.9 Å². The zero-order valence-corrected chi connectivity index (χ0v) is 37.6. The number of hydrogen-bond acceptors (Lipinski definition) is 9. The van der Waals surface area contributed by atoms with Crippen molar-refractivity contribution in [3.63, 3.8) is 0 Å². The van der Waals surface area contributed by atoms with E-state index in [1.165, 1.54) is 17.0 Å². The fourth-order valence-corrected chi connectivity index (χ4v) is 10.0. The Morgan fingerprint density at radius 3 is 2.42 bits per heavy atom. The molecule has 2 N–H and O–H groups in total. The standard InChI is InChI=1S/C49H49ClFN7O8/c1-28-43(29(2)54(3)53-28)44-37(50)15-14-34-33(9-6-24-65-39-10-4-7-30-25-31(51)12-13-32(30)39)46(49(63)64)57(45(34)44)23-20-55-18-21-56(22-19-55)42(60)27-66-40-11-5-8-35-36(40)26-58(48(35)62)38-16-17-41(59)52-47(38)61/h4-5,7-8,10-15,25,38H,6,9,16-24,26-27H2,1-3H3,(H,63,64)(H,52,59,61)/t38-/m1/s1. The predicted molar refractivity (Wildman–Crippen MR) is 244 cm³/mol. The third-order valence-electron chi connectivity index (χ3n) is 13.1. The lowest BCUT2D eigenvalue weighted by Crippen LogP contribution is -2.52. The zero-order valence-electron chi connectivity index (χ0n) is 36.9. The Morgan fingerprint density at radius 1 is 0.924 bits per heavy atom. The molecule has 0 aliphatic carbocycles. The van der Waals surface area contributed by atoms with Crippen molar-refractivity contribution in [2.24, 2.45) is 7.05 Å². The molecule has 0 saturated carbocycles. The molecule has 342 valence electrons. The fourth-order valence-electron chi connectivity index (χ4n) is 9.75. The van der Waals surface area contributed by atoms with Crippen LogP contribution < -0.4 is 14.8 Å². The van der Waals surface area contributed by atoms with E-state index in [-0.39, 0.29) is 55.2 Å². The lowest BCUT2D eigenvalue weighted by molar-refractivity contribution is -0.137. The van der Waals surface area contributed by atoms with Crippen LogP contribution >= 0.6 is 11.6 Å². The number of aromatic carboxylic acids is 1. The molecule has 3 aliphatic heterocycles. The predicted octanol–water partition coefficient (Wildman–Crippen LogP) is 6.30. The van der Waals surface area contributed by atoms with Gasteiger partial charge in [-0.05, 0) is 86.5 Å². The highest BCUT2D eigenvalue weighted by Gasteiger charge is 2.40. The number of nitrogens with one attached hydrogen (secondary N) is 1. The van der Waals surface area contributed by atoms with E-state index in [4.69, 9.17) is 21.1 Å². The molecule has 17 heteroatoms. The lowest BCUT2D eigenvalue weighted by Gasteiger charge is -2.35.